The Kier molecular flexibility index (Phi) is 5.55. The second-order valence-electron chi connectivity index (χ2n) is 5.32. The average Bonchev–Trinajstić information content (AvgIpc) is 3.07. The van der Waals surface area contributed by atoms with E-state index in [1.54, 1.807) is 24.4 Å². The van der Waals surface area contributed by atoms with Gasteiger partial charge in [-0.2, -0.15) is 5.10 Å². The van der Waals surface area contributed by atoms with Crippen molar-refractivity contribution in [1.29, 1.82) is 0 Å². The number of benzene rings is 2. The van der Waals surface area contributed by atoms with Crippen molar-refractivity contribution in [2.75, 3.05) is 6.79 Å². The van der Waals surface area contributed by atoms with Crippen LogP contribution in [0.3, 0.4) is 0 Å². The van der Waals surface area contributed by atoms with Crippen LogP contribution in [0.15, 0.2) is 52.0 Å². The second kappa shape index (κ2) is 8.02. The number of nitrogens with zero attached hydrogens (tertiary/aromatic N) is 1. The van der Waals surface area contributed by atoms with E-state index in [2.05, 4.69) is 26.5 Å². The fourth-order valence-corrected chi connectivity index (χ4v) is 2.64. The van der Waals surface area contributed by atoms with Crippen LogP contribution >= 0.6 is 15.9 Å². The number of halogens is 1. The summed E-state index contributed by atoms with van der Waals surface area (Å²) in [6.07, 6.45) is 1.45. The van der Waals surface area contributed by atoms with Gasteiger partial charge in [-0.05, 0) is 48.4 Å². The Balaban J connectivity index is 1.58. The van der Waals surface area contributed by atoms with Crippen LogP contribution in [0.25, 0.3) is 0 Å². The van der Waals surface area contributed by atoms with Gasteiger partial charge < -0.3 is 14.2 Å². The lowest BCUT2D eigenvalue weighted by molar-refractivity contribution is -0.128. The molecule has 0 saturated heterocycles. The van der Waals surface area contributed by atoms with Gasteiger partial charge in [0.05, 0.1) is 6.21 Å². The lowest BCUT2D eigenvalue weighted by Crippen LogP contribution is -2.35. The van der Waals surface area contributed by atoms with Crippen LogP contribution < -0.4 is 19.6 Å². The van der Waals surface area contributed by atoms with E-state index < -0.39 is 6.10 Å². The summed E-state index contributed by atoms with van der Waals surface area (Å²) in [7, 11) is 0. The van der Waals surface area contributed by atoms with E-state index in [1.807, 2.05) is 31.2 Å². The number of amides is 1. The molecule has 0 radical (unpaired) electrons. The largest absolute Gasteiger partial charge is 0.481 e. The summed E-state index contributed by atoms with van der Waals surface area (Å²) >= 11 is 3.38. The van der Waals surface area contributed by atoms with Crippen molar-refractivity contribution in [1.82, 2.24) is 5.43 Å². The standard InChI is InChI=1S/C18H17BrN2O4/c1-2-15(25-14-5-3-4-13(19)9-14)18(22)21-20-10-12-6-7-16-17(8-12)24-11-23-16/h3-10,15H,2,11H2,1H3,(H,21,22)/b20-10+. The quantitative estimate of drug-likeness (QED) is 0.590. The summed E-state index contributed by atoms with van der Waals surface area (Å²) in [5, 5.41) is 3.98. The van der Waals surface area contributed by atoms with Crippen LogP contribution in [0.1, 0.15) is 18.9 Å². The summed E-state index contributed by atoms with van der Waals surface area (Å²) in [6, 6.07) is 12.8. The number of fused-ring (bicyclic) bond motifs is 1. The topological polar surface area (TPSA) is 69.2 Å². The highest BCUT2D eigenvalue weighted by Crippen LogP contribution is 2.31. The Labute approximate surface area is 153 Å². The Morgan fingerprint density at radius 3 is 2.96 bits per heavy atom. The Morgan fingerprint density at radius 1 is 1.32 bits per heavy atom. The van der Waals surface area contributed by atoms with Gasteiger partial charge in [-0.1, -0.05) is 28.9 Å². The van der Waals surface area contributed by atoms with E-state index in [-0.39, 0.29) is 12.7 Å². The van der Waals surface area contributed by atoms with Crippen molar-refractivity contribution in [3.63, 3.8) is 0 Å². The zero-order chi connectivity index (χ0) is 17.6. The summed E-state index contributed by atoms with van der Waals surface area (Å²) in [6.45, 7) is 2.10. The highest BCUT2D eigenvalue weighted by molar-refractivity contribution is 9.10. The minimum Gasteiger partial charge on any atom is -0.481 e. The van der Waals surface area contributed by atoms with E-state index in [0.717, 1.165) is 10.0 Å². The van der Waals surface area contributed by atoms with Crippen molar-refractivity contribution >= 4 is 28.1 Å². The van der Waals surface area contributed by atoms with Gasteiger partial charge in [0.2, 0.25) is 6.79 Å². The number of nitrogens with one attached hydrogen (secondary N) is 1. The van der Waals surface area contributed by atoms with Gasteiger partial charge in [-0.25, -0.2) is 5.43 Å². The van der Waals surface area contributed by atoms with E-state index in [4.69, 9.17) is 14.2 Å². The SMILES string of the molecule is CCC(Oc1cccc(Br)c1)C(=O)N/N=C/c1ccc2c(c1)OCO2. The van der Waals surface area contributed by atoms with E-state index >= 15 is 0 Å². The molecule has 130 valence electrons. The highest BCUT2D eigenvalue weighted by Gasteiger charge is 2.18. The van der Waals surface area contributed by atoms with Crippen LogP contribution in [0.4, 0.5) is 0 Å². The van der Waals surface area contributed by atoms with E-state index in [1.165, 1.54) is 0 Å². The Hall–Kier alpha value is -2.54. The molecule has 1 amide bonds. The lowest BCUT2D eigenvalue weighted by atomic mass is 10.2. The van der Waals surface area contributed by atoms with Crippen molar-refractivity contribution in [2.45, 2.75) is 19.4 Å². The number of ether oxygens (including phenoxy) is 3. The number of hydrogen-bond acceptors (Lipinski definition) is 5. The van der Waals surface area contributed by atoms with Gasteiger partial charge in [0.1, 0.15) is 5.75 Å². The third kappa shape index (κ3) is 4.51. The Bertz CT molecular complexity index is 794. The molecule has 0 aliphatic carbocycles. The van der Waals surface area contributed by atoms with Crippen LogP contribution in [0.5, 0.6) is 17.2 Å². The van der Waals surface area contributed by atoms with E-state index in [9.17, 15) is 4.79 Å². The van der Waals surface area contributed by atoms with Gasteiger partial charge in [-0.3, -0.25) is 4.79 Å². The maximum atomic E-state index is 12.2. The molecule has 1 aliphatic rings. The smallest absolute Gasteiger partial charge is 0.281 e. The zero-order valence-electron chi connectivity index (χ0n) is 13.6. The van der Waals surface area contributed by atoms with Crippen LogP contribution in [-0.4, -0.2) is 25.0 Å². The third-order valence-electron chi connectivity index (χ3n) is 3.52. The fraction of sp³-hybridized carbons (Fsp3) is 0.222. The molecule has 0 fully saturated rings. The molecule has 1 atom stereocenters. The molecule has 2 aromatic carbocycles. The lowest BCUT2D eigenvalue weighted by Gasteiger charge is -2.15. The molecule has 2 aromatic rings. The molecular weight excluding hydrogens is 388 g/mol. The van der Waals surface area contributed by atoms with Gasteiger partial charge in [0.25, 0.3) is 5.91 Å². The average molecular weight is 405 g/mol. The van der Waals surface area contributed by atoms with Gasteiger partial charge in [-0.15, -0.1) is 0 Å². The molecule has 6 nitrogen and oxygen atoms in total. The molecule has 25 heavy (non-hydrogen) atoms. The van der Waals surface area contributed by atoms with Gasteiger partial charge in [0, 0.05) is 4.47 Å². The highest BCUT2D eigenvalue weighted by atomic mass is 79.9. The predicted molar refractivity (Wildman–Crippen MR) is 97.2 cm³/mol. The molecule has 0 bridgehead atoms. The normalized spacial score (nSPS) is 13.7. The summed E-state index contributed by atoms with van der Waals surface area (Å²) in [5.74, 6) is 1.69. The van der Waals surface area contributed by atoms with Crippen LogP contribution in [-0.2, 0) is 4.79 Å². The summed E-state index contributed by atoms with van der Waals surface area (Å²) in [4.78, 5) is 12.2. The molecule has 1 aliphatic heterocycles. The number of carbonyl (C=O) groups excluding carboxylic acids is 1. The predicted octanol–water partition coefficient (Wildman–Crippen LogP) is 3.49. The second-order valence-corrected chi connectivity index (χ2v) is 6.23. The first-order valence-corrected chi connectivity index (χ1v) is 8.60. The third-order valence-corrected chi connectivity index (χ3v) is 4.02. The maximum absolute atomic E-state index is 12.2. The number of hydrogen-bond donors (Lipinski definition) is 1. The molecule has 0 spiro atoms. The molecule has 7 heteroatoms. The summed E-state index contributed by atoms with van der Waals surface area (Å²) in [5.41, 5.74) is 3.30. The molecule has 0 aromatic heterocycles. The van der Waals surface area contributed by atoms with Crippen LogP contribution in [0.2, 0.25) is 0 Å². The first kappa shape index (κ1) is 17.3. The monoisotopic (exact) mass is 404 g/mol. The number of rotatable bonds is 6. The molecule has 1 N–H and O–H groups in total. The summed E-state index contributed by atoms with van der Waals surface area (Å²) < 4.78 is 17.2. The first-order chi connectivity index (χ1) is 12.2. The zero-order valence-corrected chi connectivity index (χ0v) is 15.2. The minimum atomic E-state index is -0.622. The fourth-order valence-electron chi connectivity index (χ4n) is 2.26. The minimum absolute atomic E-state index is 0.220. The number of carbonyl (C=O) groups is 1. The van der Waals surface area contributed by atoms with Crippen molar-refractivity contribution < 1.29 is 19.0 Å². The van der Waals surface area contributed by atoms with E-state index in [0.29, 0.717) is 23.7 Å². The molecule has 1 unspecified atom stereocenters. The van der Waals surface area contributed by atoms with Crippen molar-refractivity contribution in [3.8, 4) is 17.2 Å². The van der Waals surface area contributed by atoms with Crippen molar-refractivity contribution in [3.05, 3.63) is 52.5 Å². The molecule has 0 saturated carbocycles. The first-order valence-electron chi connectivity index (χ1n) is 7.80. The molecular formula is C18H17BrN2O4. The molecule has 1 heterocycles. The number of hydrazone groups is 1. The van der Waals surface area contributed by atoms with Crippen molar-refractivity contribution in [2.24, 2.45) is 5.10 Å². The van der Waals surface area contributed by atoms with Gasteiger partial charge >= 0.3 is 0 Å². The van der Waals surface area contributed by atoms with Gasteiger partial charge in [0.15, 0.2) is 17.6 Å². The maximum Gasteiger partial charge on any atom is 0.281 e. The Morgan fingerprint density at radius 2 is 2.16 bits per heavy atom. The molecule has 3 rings (SSSR count). The van der Waals surface area contributed by atoms with Crippen LogP contribution in [0, 0.1) is 0 Å².